The van der Waals surface area contributed by atoms with Crippen molar-refractivity contribution in [2.75, 3.05) is 0 Å². The Kier molecular flexibility index (Phi) is 5.10. The van der Waals surface area contributed by atoms with Crippen molar-refractivity contribution in [3.8, 4) is 0 Å². The zero-order chi connectivity index (χ0) is 16.1. The predicted molar refractivity (Wildman–Crippen MR) is 96.1 cm³/mol. The Labute approximate surface area is 143 Å². The average Bonchev–Trinajstić information content (AvgIpc) is 2.90. The van der Waals surface area contributed by atoms with Gasteiger partial charge in [0.05, 0.1) is 11.5 Å². The van der Waals surface area contributed by atoms with Crippen LogP contribution in [0.25, 0.3) is 0 Å². The van der Waals surface area contributed by atoms with Crippen LogP contribution in [0.15, 0.2) is 64.8 Å². The third-order valence-electron chi connectivity index (χ3n) is 3.29. The molecule has 0 spiro atoms. The van der Waals surface area contributed by atoms with Gasteiger partial charge in [-0.15, -0.1) is 5.10 Å². The van der Waals surface area contributed by atoms with Crippen LogP contribution in [0, 0.1) is 0 Å². The fourth-order valence-electron chi connectivity index (χ4n) is 2.14. The Morgan fingerprint density at radius 1 is 1.13 bits per heavy atom. The second-order valence-electron chi connectivity index (χ2n) is 4.96. The summed E-state index contributed by atoms with van der Waals surface area (Å²) in [5, 5.41) is 11.8. The van der Waals surface area contributed by atoms with Crippen LogP contribution in [0.4, 0.5) is 0 Å². The number of hydrogen-bond acceptors (Lipinski definition) is 4. The Morgan fingerprint density at radius 3 is 2.65 bits per heavy atom. The van der Waals surface area contributed by atoms with Gasteiger partial charge >= 0.3 is 0 Å². The van der Waals surface area contributed by atoms with Crippen LogP contribution >= 0.6 is 23.4 Å². The maximum absolute atomic E-state index is 12.0. The Balaban J connectivity index is 1.64. The molecule has 1 aliphatic rings. The van der Waals surface area contributed by atoms with Crippen molar-refractivity contribution in [3.05, 3.63) is 70.7 Å². The zero-order valence-electron chi connectivity index (χ0n) is 12.1. The molecule has 1 unspecified atom stereocenters. The van der Waals surface area contributed by atoms with Crippen LogP contribution in [0.5, 0.6) is 0 Å². The molecule has 1 fully saturated rings. The highest BCUT2D eigenvalue weighted by molar-refractivity contribution is 8.15. The molecule has 1 N–H and O–H groups in total. The van der Waals surface area contributed by atoms with Crippen LogP contribution in [-0.2, 0) is 11.2 Å². The molecule has 4 nitrogen and oxygen atoms in total. The first-order valence-electron chi connectivity index (χ1n) is 7.09. The number of amidine groups is 1. The van der Waals surface area contributed by atoms with E-state index in [0.717, 1.165) is 11.1 Å². The van der Waals surface area contributed by atoms with Gasteiger partial charge in [-0.3, -0.25) is 4.79 Å². The highest BCUT2D eigenvalue weighted by Gasteiger charge is 2.30. The molecule has 23 heavy (non-hydrogen) atoms. The van der Waals surface area contributed by atoms with Gasteiger partial charge in [0.15, 0.2) is 5.17 Å². The normalized spacial score (nSPS) is 19.4. The molecule has 1 heterocycles. The van der Waals surface area contributed by atoms with Crippen LogP contribution in [0.1, 0.15) is 11.1 Å². The average molecular weight is 344 g/mol. The second-order valence-corrected chi connectivity index (χ2v) is 6.56. The lowest BCUT2D eigenvalue weighted by molar-refractivity contribution is -0.118. The molecule has 0 bridgehead atoms. The van der Waals surface area contributed by atoms with Gasteiger partial charge < -0.3 is 5.32 Å². The number of halogens is 1. The molecule has 2 aromatic rings. The number of carbonyl (C=O) groups excluding carboxylic acids is 1. The number of nitrogens with zero attached hydrogens (tertiary/aromatic N) is 2. The third-order valence-corrected chi connectivity index (χ3v) is 4.71. The SMILES string of the molecule is O=C1N/C(=N\N=Cc2ccccc2Cl)SC1Cc1ccccc1. The van der Waals surface area contributed by atoms with Gasteiger partial charge in [-0.05, 0) is 18.1 Å². The minimum absolute atomic E-state index is 0.0365. The number of rotatable bonds is 4. The van der Waals surface area contributed by atoms with E-state index in [-0.39, 0.29) is 11.2 Å². The monoisotopic (exact) mass is 343 g/mol. The molecule has 6 heteroatoms. The van der Waals surface area contributed by atoms with Crippen LogP contribution in [0.3, 0.4) is 0 Å². The maximum atomic E-state index is 12.0. The van der Waals surface area contributed by atoms with E-state index in [1.807, 2.05) is 48.5 Å². The van der Waals surface area contributed by atoms with Crippen molar-refractivity contribution in [3.63, 3.8) is 0 Å². The number of hydrogen-bond donors (Lipinski definition) is 1. The van der Waals surface area contributed by atoms with Gasteiger partial charge in [0.25, 0.3) is 0 Å². The van der Waals surface area contributed by atoms with Gasteiger partial charge in [-0.25, -0.2) is 0 Å². The fourth-order valence-corrected chi connectivity index (χ4v) is 3.29. The van der Waals surface area contributed by atoms with E-state index in [2.05, 4.69) is 15.5 Å². The molecule has 0 saturated carbocycles. The molecule has 2 aromatic carbocycles. The van der Waals surface area contributed by atoms with E-state index in [1.165, 1.54) is 11.8 Å². The first kappa shape index (κ1) is 15.8. The number of nitrogens with one attached hydrogen (secondary N) is 1. The number of thioether (sulfide) groups is 1. The maximum Gasteiger partial charge on any atom is 0.239 e. The molecule has 1 aliphatic heterocycles. The largest absolute Gasteiger partial charge is 0.303 e. The summed E-state index contributed by atoms with van der Waals surface area (Å²) in [4.78, 5) is 12.0. The summed E-state index contributed by atoms with van der Waals surface area (Å²) >= 11 is 7.44. The van der Waals surface area contributed by atoms with E-state index in [1.54, 1.807) is 12.3 Å². The highest BCUT2D eigenvalue weighted by Crippen LogP contribution is 2.23. The summed E-state index contributed by atoms with van der Waals surface area (Å²) in [6, 6.07) is 17.3. The lowest BCUT2D eigenvalue weighted by atomic mass is 10.1. The quantitative estimate of drug-likeness (QED) is 0.682. The number of carbonyl (C=O) groups is 1. The van der Waals surface area contributed by atoms with E-state index < -0.39 is 0 Å². The minimum Gasteiger partial charge on any atom is -0.303 e. The standard InChI is InChI=1S/C17H14ClN3OS/c18-14-9-5-4-8-13(14)11-19-21-17-20-16(22)15(23-17)10-12-6-2-1-3-7-12/h1-9,11,15H,10H2,(H,20,21,22). The van der Waals surface area contributed by atoms with Crippen molar-refractivity contribution in [2.45, 2.75) is 11.7 Å². The topological polar surface area (TPSA) is 53.8 Å². The Morgan fingerprint density at radius 2 is 1.87 bits per heavy atom. The Bertz CT molecular complexity index is 761. The summed E-state index contributed by atoms with van der Waals surface area (Å²) in [6.07, 6.45) is 2.25. The van der Waals surface area contributed by atoms with E-state index in [0.29, 0.717) is 16.6 Å². The fraction of sp³-hybridized carbons (Fsp3) is 0.118. The van der Waals surface area contributed by atoms with Gasteiger partial charge in [0.1, 0.15) is 0 Å². The molecule has 1 amide bonds. The summed E-state index contributed by atoms with van der Waals surface area (Å²) < 4.78 is 0. The Hall–Kier alpha value is -2.11. The molecule has 0 radical (unpaired) electrons. The summed E-state index contributed by atoms with van der Waals surface area (Å²) in [6.45, 7) is 0. The van der Waals surface area contributed by atoms with Gasteiger partial charge in [-0.1, -0.05) is 71.9 Å². The van der Waals surface area contributed by atoms with Crippen molar-refractivity contribution in [1.82, 2.24) is 5.32 Å². The summed E-state index contributed by atoms with van der Waals surface area (Å²) in [5.41, 5.74) is 1.91. The smallest absolute Gasteiger partial charge is 0.239 e. The predicted octanol–water partition coefficient (Wildman–Crippen LogP) is 3.50. The zero-order valence-corrected chi connectivity index (χ0v) is 13.7. The molecule has 1 atom stereocenters. The lowest BCUT2D eigenvalue weighted by Crippen LogP contribution is -2.25. The molecular formula is C17H14ClN3OS. The third kappa shape index (κ3) is 4.21. The molecular weight excluding hydrogens is 330 g/mol. The molecule has 1 saturated heterocycles. The molecule has 0 aliphatic carbocycles. The summed E-state index contributed by atoms with van der Waals surface area (Å²) in [7, 11) is 0. The van der Waals surface area contributed by atoms with Gasteiger partial charge in [-0.2, -0.15) is 5.10 Å². The molecule has 3 rings (SSSR count). The van der Waals surface area contributed by atoms with Crippen LogP contribution in [-0.4, -0.2) is 22.5 Å². The first-order valence-corrected chi connectivity index (χ1v) is 8.35. The van der Waals surface area contributed by atoms with Gasteiger partial charge in [0.2, 0.25) is 5.91 Å². The lowest BCUT2D eigenvalue weighted by Gasteiger charge is -2.04. The number of benzene rings is 2. The molecule has 0 aromatic heterocycles. The van der Waals surface area contributed by atoms with Crippen molar-refractivity contribution in [2.24, 2.45) is 10.2 Å². The minimum atomic E-state index is -0.174. The summed E-state index contributed by atoms with van der Waals surface area (Å²) in [5.74, 6) is -0.0365. The van der Waals surface area contributed by atoms with Crippen molar-refractivity contribution in [1.29, 1.82) is 0 Å². The van der Waals surface area contributed by atoms with Gasteiger partial charge in [0, 0.05) is 10.6 Å². The van der Waals surface area contributed by atoms with E-state index in [4.69, 9.17) is 11.6 Å². The van der Waals surface area contributed by atoms with Crippen molar-refractivity contribution < 1.29 is 4.79 Å². The molecule has 116 valence electrons. The van der Waals surface area contributed by atoms with Crippen LogP contribution in [0.2, 0.25) is 5.02 Å². The highest BCUT2D eigenvalue weighted by atomic mass is 35.5. The van der Waals surface area contributed by atoms with E-state index >= 15 is 0 Å². The number of amides is 1. The van der Waals surface area contributed by atoms with Crippen molar-refractivity contribution >= 4 is 40.7 Å². The second kappa shape index (κ2) is 7.44. The first-order chi connectivity index (χ1) is 11.2. The van der Waals surface area contributed by atoms with Crippen LogP contribution < -0.4 is 5.32 Å². The van der Waals surface area contributed by atoms with E-state index in [9.17, 15) is 4.79 Å².